The quantitative estimate of drug-likeness (QED) is 0.681. The van der Waals surface area contributed by atoms with E-state index in [1.807, 2.05) is 6.07 Å². The molecule has 1 N–H and O–H groups in total. The first kappa shape index (κ1) is 13.2. The molecule has 1 heterocycles. The van der Waals surface area contributed by atoms with Gasteiger partial charge in [0.2, 0.25) is 5.91 Å². The van der Waals surface area contributed by atoms with E-state index in [0.717, 1.165) is 10.0 Å². The zero-order chi connectivity index (χ0) is 13.1. The van der Waals surface area contributed by atoms with Crippen molar-refractivity contribution in [3.8, 4) is 0 Å². The van der Waals surface area contributed by atoms with Crippen molar-refractivity contribution < 1.29 is 14.7 Å². The molecule has 0 spiro atoms. The summed E-state index contributed by atoms with van der Waals surface area (Å²) in [5.74, 6) is -0.393. The van der Waals surface area contributed by atoms with E-state index >= 15 is 0 Å². The Bertz CT molecular complexity index is 487. The second-order valence-electron chi connectivity index (χ2n) is 4.26. The first-order chi connectivity index (χ1) is 8.63. The van der Waals surface area contributed by atoms with Gasteiger partial charge in [0.05, 0.1) is 6.42 Å². The van der Waals surface area contributed by atoms with Gasteiger partial charge in [-0.3, -0.25) is 14.5 Å². The molecule has 0 radical (unpaired) electrons. The number of amides is 2. The fourth-order valence-electron chi connectivity index (χ4n) is 2.04. The van der Waals surface area contributed by atoms with E-state index in [2.05, 4.69) is 15.9 Å². The van der Waals surface area contributed by atoms with Crippen molar-refractivity contribution in [2.75, 3.05) is 13.2 Å². The lowest BCUT2D eigenvalue weighted by Crippen LogP contribution is -2.42. The number of nitrogens with zero attached hydrogens (tertiary/aromatic N) is 1. The van der Waals surface area contributed by atoms with Gasteiger partial charge in [0.1, 0.15) is 0 Å². The summed E-state index contributed by atoms with van der Waals surface area (Å²) < 4.78 is 0.871. The Kier molecular flexibility index (Phi) is 4.14. The Balaban J connectivity index is 2.20. The molecule has 1 aromatic rings. The number of halogens is 1. The fraction of sp³-hybridized carbons (Fsp3) is 0.385. The third-order valence-corrected chi connectivity index (χ3v) is 3.47. The van der Waals surface area contributed by atoms with Gasteiger partial charge in [-0.25, -0.2) is 0 Å². The van der Waals surface area contributed by atoms with E-state index in [9.17, 15) is 9.59 Å². The lowest BCUT2D eigenvalue weighted by atomic mass is 9.98. The summed E-state index contributed by atoms with van der Waals surface area (Å²) in [4.78, 5) is 25.3. The van der Waals surface area contributed by atoms with E-state index in [1.54, 1.807) is 12.1 Å². The molecule has 0 aliphatic carbocycles. The summed E-state index contributed by atoms with van der Waals surface area (Å²) in [5, 5.41) is 8.72. The molecule has 2 amide bonds. The maximum Gasteiger partial charge on any atom is 0.260 e. The smallest absolute Gasteiger partial charge is 0.260 e. The zero-order valence-corrected chi connectivity index (χ0v) is 11.4. The number of carbonyl (C=O) groups excluding carboxylic acids is 2. The van der Waals surface area contributed by atoms with E-state index in [4.69, 9.17) is 5.11 Å². The Labute approximate surface area is 114 Å². The normalized spacial score (nSPS) is 14.9. The van der Waals surface area contributed by atoms with Gasteiger partial charge in [0.15, 0.2) is 0 Å². The van der Waals surface area contributed by atoms with Gasteiger partial charge in [-0.05, 0) is 36.6 Å². The van der Waals surface area contributed by atoms with Crippen molar-refractivity contribution in [2.24, 2.45) is 0 Å². The van der Waals surface area contributed by atoms with Crippen LogP contribution in [0.5, 0.6) is 0 Å². The second kappa shape index (κ2) is 5.63. The number of unbranched alkanes of at least 4 members (excludes halogenated alkanes) is 1. The molecule has 0 saturated carbocycles. The first-order valence-electron chi connectivity index (χ1n) is 5.87. The van der Waals surface area contributed by atoms with Gasteiger partial charge in [0.25, 0.3) is 5.91 Å². The molecule has 1 aliphatic rings. The number of aliphatic hydroxyl groups is 1. The van der Waals surface area contributed by atoms with Gasteiger partial charge in [-0.1, -0.05) is 15.9 Å². The summed E-state index contributed by atoms with van der Waals surface area (Å²) in [7, 11) is 0. The Hall–Kier alpha value is -1.20. The lowest BCUT2D eigenvalue weighted by molar-refractivity contribution is -0.128. The standard InChI is InChI=1S/C13H14BrNO3/c14-10-3-4-11-9(7-10)8-12(17)15(13(11)18)5-1-2-6-16/h3-4,7,16H,1-2,5-6,8H2. The number of benzene rings is 1. The molecule has 0 fully saturated rings. The van der Waals surface area contributed by atoms with Crippen LogP contribution in [0, 0.1) is 0 Å². The largest absolute Gasteiger partial charge is 0.396 e. The van der Waals surface area contributed by atoms with Gasteiger partial charge < -0.3 is 5.11 Å². The van der Waals surface area contributed by atoms with Crippen LogP contribution in [-0.4, -0.2) is 35.0 Å². The van der Waals surface area contributed by atoms with E-state index < -0.39 is 0 Å². The van der Waals surface area contributed by atoms with Crippen LogP contribution in [0.25, 0.3) is 0 Å². The molecular formula is C13H14BrNO3. The highest BCUT2D eigenvalue weighted by atomic mass is 79.9. The minimum atomic E-state index is -0.230. The number of carbonyl (C=O) groups is 2. The predicted octanol–water partition coefficient (Wildman–Crippen LogP) is 1.75. The molecule has 18 heavy (non-hydrogen) atoms. The topological polar surface area (TPSA) is 57.6 Å². The Morgan fingerprint density at radius 3 is 2.78 bits per heavy atom. The molecule has 1 aromatic carbocycles. The Morgan fingerprint density at radius 2 is 2.06 bits per heavy atom. The van der Waals surface area contributed by atoms with E-state index in [0.29, 0.717) is 24.9 Å². The van der Waals surface area contributed by atoms with Crippen LogP contribution in [0.15, 0.2) is 22.7 Å². The van der Waals surface area contributed by atoms with E-state index in [1.165, 1.54) is 4.90 Å². The van der Waals surface area contributed by atoms with Gasteiger partial charge in [-0.2, -0.15) is 0 Å². The molecule has 5 heteroatoms. The maximum atomic E-state index is 12.2. The van der Waals surface area contributed by atoms with Crippen LogP contribution in [0.3, 0.4) is 0 Å². The van der Waals surface area contributed by atoms with Gasteiger partial charge in [-0.15, -0.1) is 0 Å². The van der Waals surface area contributed by atoms with Gasteiger partial charge >= 0.3 is 0 Å². The zero-order valence-electron chi connectivity index (χ0n) is 9.86. The second-order valence-corrected chi connectivity index (χ2v) is 5.18. The van der Waals surface area contributed by atoms with Crippen molar-refractivity contribution in [3.05, 3.63) is 33.8 Å². The molecule has 96 valence electrons. The van der Waals surface area contributed by atoms with Crippen molar-refractivity contribution >= 4 is 27.7 Å². The van der Waals surface area contributed by atoms with Crippen LogP contribution >= 0.6 is 15.9 Å². The summed E-state index contributed by atoms with van der Waals surface area (Å²) in [6.07, 6.45) is 1.50. The molecule has 2 rings (SSSR count). The van der Waals surface area contributed by atoms with Crippen LogP contribution in [0.1, 0.15) is 28.8 Å². The van der Waals surface area contributed by atoms with Crippen molar-refractivity contribution in [2.45, 2.75) is 19.3 Å². The summed E-state index contributed by atoms with van der Waals surface area (Å²) in [5.41, 5.74) is 1.37. The molecular weight excluding hydrogens is 298 g/mol. The molecule has 0 unspecified atom stereocenters. The molecule has 4 nitrogen and oxygen atoms in total. The van der Waals surface area contributed by atoms with E-state index in [-0.39, 0.29) is 24.8 Å². The van der Waals surface area contributed by atoms with Crippen LogP contribution in [0.4, 0.5) is 0 Å². The highest BCUT2D eigenvalue weighted by Crippen LogP contribution is 2.23. The molecule has 0 bridgehead atoms. The maximum absolute atomic E-state index is 12.2. The third-order valence-electron chi connectivity index (χ3n) is 2.98. The highest BCUT2D eigenvalue weighted by molar-refractivity contribution is 9.10. The number of rotatable bonds is 4. The molecule has 0 aromatic heterocycles. The number of hydrogen-bond donors (Lipinski definition) is 1. The molecule has 1 aliphatic heterocycles. The molecule has 0 atom stereocenters. The first-order valence-corrected chi connectivity index (χ1v) is 6.67. The number of aliphatic hydroxyl groups excluding tert-OH is 1. The summed E-state index contributed by atoms with van der Waals surface area (Å²) in [6.45, 7) is 0.466. The summed E-state index contributed by atoms with van der Waals surface area (Å²) in [6, 6.07) is 5.36. The average molecular weight is 312 g/mol. The monoisotopic (exact) mass is 311 g/mol. The van der Waals surface area contributed by atoms with Crippen LogP contribution in [0.2, 0.25) is 0 Å². The minimum absolute atomic E-state index is 0.0831. The minimum Gasteiger partial charge on any atom is -0.396 e. The van der Waals surface area contributed by atoms with Gasteiger partial charge in [0, 0.05) is 23.2 Å². The van der Waals surface area contributed by atoms with Crippen LogP contribution < -0.4 is 0 Å². The SMILES string of the molecule is O=C1Cc2cc(Br)ccc2C(=O)N1CCCCO. The van der Waals surface area contributed by atoms with Crippen molar-refractivity contribution in [3.63, 3.8) is 0 Å². The number of hydrogen-bond acceptors (Lipinski definition) is 3. The Morgan fingerprint density at radius 1 is 1.28 bits per heavy atom. The highest BCUT2D eigenvalue weighted by Gasteiger charge is 2.30. The van der Waals surface area contributed by atoms with Crippen molar-refractivity contribution in [1.82, 2.24) is 4.90 Å². The van der Waals surface area contributed by atoms with Crippen molar-refractivity contribution in [1.29, 1.82) is 0 Å². The number of imide groups is 1. The lowest BCUT2D eigenvalue weighted by Gasteiger charge is -2.26. The molecule has 0 saturated heterocycles. The predicted molar refractivity (Wildman–Crippen MR) is 70.2 cm³/mol. The fourth-order valence-corrected chi connectivity index (χ4v) is 2.45. The van der Waals surface area contributed by atoms with Crippen LogP contribution in [-0.2, 0) is 11.2 Å². The third kappa shape index (κ3) is 2.62. The summed E-state index contributed by atoms with van der Waals surface area (Å²) >= 11 is 3.33. The average Bonchev–Trinajstić information content (AvgIpc) is 2.33. The number of fused-ring (bicyclic) bond motifs is 1.